The molecule has 2 unspecified atom stereocenters. The van der Waals surface area contributed by atoms with Crippen LogP contribution in [0, 0.1) is 17.6 Å². The molecular weight excluding hydrogens is 392 g/mol. The van der Waals surface area contributed by atoms with Crippen LogP contribution in [0.4, 0.5) is 8.78 Å². The predicted molar refractivity (Wildman–Crippen MR) is 110 cm³/mol. The van der Waals surface area contributed by atoms with E-state index in [1.165, 1.54) is 31.9 Å². The fraction of sp³-hybridized carbons (Fsp3) is 0.318. The summed E-state index contributed by atoms with van der Waals surface area (Å²) in [5.41, 5.74) is 6.71. The van der Waals surface area contributed by atoms with Gasteiger partial charge in [-0.2, -0.15) is 4.39 Å². The Hall–Kier alpha value is -3.29. The summed E-state index contributed by atoms with van der Waals surface area (Å²) in [6, 6.07) is 7.09. The highest BCUT2D eigenvalue weighted by molar-refractivity contribution is 6.03. The van der Waals surface area contributed by atoms with Gasteiger partial charge in [-0.05, 0) is 42.9 Å². The van der Waals surface area contributed by atoms with Crippen LogP contribution >= 0.6 is 0 Å². The zero-order chi connectivity index (χ0) is 21.8. The number of halogens is 2. The average Bonchev–Trinajstić information content (AvgIpc) is 3.16. The number of nitrogens with two attached hydrogens (primary N) is 1. The van der Waals surface area contributed by atoms with E-state index in [2.05, 4.69) is 21.6 Å². The molecule has 1 aliphatic carbocycles. The molecule has 1 amide bonds. The van der Waals surface area contributed by atoms with Gasteiger partial charge in [0, 0.05) is 18.0 Å². The van der Waals surface area contributed by atoms with Gasteiger partial charge in [0.05, 0.1) is 18.0 Å². The topological polar surface area (TPSA) is 98.1 Å². The van der Waals surface area contributed by atoms with Crippen LogP contribution in [0.15, 0.2) is 41.3 Å². The molecule has 1 aromatic carbocycles. The second-order valence-corrected chi connectivity index (χ2v) is 7.41. The number of nitrogens with one attached hydrogen (secondary N) is 1. The highest BCUT2D eigenvalue weighted by atomic mass is 19.2. The van der Waals surface area contributed by atoms with E-state index in [9.17, 15) is 18.4 Å². The molecular formula is C22H23F2N3O3. The number of carbonyl (C=O) groups is 1. The summed E-state index contributed by atoms with van der Waals surface area (Å²) in [7, 11) is 1.29. The number of nitrogens with zero attached hydrogens (tertiary/aromatic N) is 1. The number of rotatable bonds is 3. The lowest BCUT2D eigenvalue weighted by Gasteiger charge is -2.11. The highest BCUT2D eigenvalue weighted by Crippen LogP contribution is 2.37. The first kappa shape index (κ1) is 21.4. The molecule has 1 fully saturated rings. The molecule has 2 heterocycles. The van der Waals surface area contributed by atoms with E-state index in [0.29, 0.717) is 17.4 Å². The fourth-order valence-electron chi connectivity index (χ4n) is 3.76. The number of aromatic nitrogens is 2. The zero-order valence-corrected chi connectivity index (χ0v) is 16.7. The molecule has 0 aliphatic heterocycles. The SMILES string of the molecule is CC1CCC(c2cc(=O)c3c(C(N)=O)nccc3[nH]2)C1.COc1cccc(F)c1F. The van der Waals surface area contributed by atoms with Crippen LogP contribution in [0.3, 0.4) is 0 Å². The average molecular weight is 415 g/mol. The van der Waals surface area contributed by atoms with Crippen LogP contribution in [0.1, 0.15) is 48.3 Å². The number of ether oxygens (including phenoxy) is 1. The van der Waals surface area contributed by atoms with Crippen LogP contribution in [0.25, 0.3) is 10.9 Å². The Morgan fingerprint density at radius 1 is 1.27 bits per heavy atom. The van der Waals surface area contributed by atoms with Crippen LogP contribution in [-0.2, 0) is 0 Å². The Balaban J connectivity index is 0.000000216. The number of pyridine rings is 2. The van der Waals surface area contributed by atoms with Gasteiger partial charge in [0.1, 0.15) is 5.69 Å². The first-order chi connectivity index (χ1) is 14.3. The van der Waals surface area contributed by atoms with Crippen molar-refractivity contribution < 1.29 is 18.3 Å². The van der Waals surface area contributed by atoms with Crippen LogP contribution < -0.4 is 15.9 Å². The monoisotopic (exact) mass is 415 g/mol. The summed E-state index contributed by atoms with van der Waals surface area (Å²) in [5.74, 6) is -1.49. The number of methoxy groups -OCH3 is 1. The molecule has 3 N–H and O–H groups in total. The number of H-pyrrole nitrogens is 1. The molecule has 0 bridgehead atoms. The lowest BCUT2D eigenvalue weighted by Crippen LogP contribution is -2.18. The smallest absolute Gasteiger partial charge is 0.268 e. The van der Waals surface area contributed by atoms with Crippen molar-refractivity contribution in [3.05, 3.63) is 69.8 Å². The molecule has 2 atom stereocenters. The summed E-state index contributed by atoms with van der Waals surface area (Å²) in [4.78, 5) is 30.8. The minimum atomic E-state index is -0.940. The number of hydrogen-bond donors (Lipinski definition) is 2. The number of carbonyl (C=O) groups excluding carboxylic acids is 1. The molecule has 6 nitrogen and oxygen atoms in total. The van der Waals surface area contributed by atoms with E-state index < -0.39 is 17.5 Å². The van der Waals surface area contributed by atoms with Crippen LogP contribution in [0.5, 0.6) is 5.75 Å². The minimum Gasteiger partial charge on any atom is -0.494 e. The molecule has 2 aromatic heterocycles. The first-order valence-electron chi connectivity index (χ1n) is 9.61. The van der Waals surface area contributed by atoms with Gasteiger partial charge in [0.25, 0.3) is 5.91 Å². The Morgan fingerprint density at radius 3 is 2.63 bits per heavy atom. The number of fused-ring (bicyclic) bond motifs is 1. The van der Waals surface area contributed by atoms with Gasteiger partial charge in [-0.25, -0.2) is 4.39 Å². The quantitative estimate of drug-likeness (QED) is 0.678. The Morgan fingerprint density at radius 2 is 2.03 bits per heavy atom. The lowest BCUT2D eigenvalue weighted by molar-refractivity contribution is 0.0997. The van der Waals surface area contributed by atoms with E-state index in [1.807, 2.05) is 0 Å². The van der Waals surface area contributed by atoms with Crippen molar-refractivity contribution in [2.24, 2.45) is 11.7 Å². The van der Waals surface area contributed by atoms with Crippen molar-refractivity contribution in [2.75, 3.05) is 7.11 Å². The standard InChI is InChI=1S/C15H17N3O2.C7H6F2O/c1-8-2-3-9(6-8)11-7-12(19)13-10(18-11)4-5-17-14(13)15(16)20;1-10-6-4-2-3-5(8)7(6)9/h4-5,7-9H,2-3,6H2,1H3,(H2,16,20)(H,18,19);2-4H,1H3. The fourth-order valence-corrected chi connectivity index (χ4v) is 3.76. The third-order valence-corrected chi connectivity index (χ3v) is 5.27. The van der Waals surface area contributed by atoms with E-state index in [1.54, 1.807) is 12.1 Å². The van der Waals surface area contributed by atoms with Crippen molar-refractivity contribution in [2.45, 2.75) is 32.1 Å². The Bertz CT molecular complexity index is 1130. The first-order valence-corrected chi connectivity index (χ1v) is 9.61. The summed E-state index contributed by atoms with van der Waals surface area (Å²) in [6.45, 7) is 2.23. The summed E-state index contributed by atoms with van der Waals surface area (Å²) < 4.78 is 29.3. The molecule has 4 rings (SSSR count). The molecule has 0 saturated heterocycles. The number of aromatic amines is 1. The maximum atomic E-state index is 12.5. The van der Waals surface area contributed by atoms with E-state index in [-0.39, 0.29) is 22.3 Å². The third-order valence-electron chi connectivity index (χ3n) is 5.27. The predicted octanol–water partition coefficient (Wildman–Crippen LogP) is 3.90. The summed E-state index contributed by atoms with van der Waals surface area (Å²) >= 11 is 0. The minimum absolute atomic E-state index is 0.0371. The second kappa shape index (κ2) is 9.02. The molecule has 8 heteroatoms. The van der Waals surface area contributed by atoms with Gasteiger partial charge in [-0.3, -0.25) is 14.6 Å². The zero-order valence-electron chi connectivity index (χ0n) is 16.7. The van der Waals surface area contributed by atoms with Crippen molar-refractivity contribution >= 4 is 16.8 Å². The van der Waals surface area contributed by atoms with Gasteiger partial charge in [-0.15, -0.1) is 0 Å². The molecule has 1 aliphatic rings. The maximum absolute atomic E-state index is 12.5. The van der Waals surface area contributed by atoms with Gasteiger partial charge >= 0.3 is 0 Å². The second-order valence-electron chi connectivity index (χ2n) is 7.41. The molecule has 3 aromatic rings. The van der Waals surface area contributed by atoms with Gasteiger partial charge < -0.3 is 15.5 Å². The van der Waals surface area contributed by atoms with Gasteiger partial charge in [0.2, 0.25) is 5.82 Å². The third kappa shape index (κ3) is 4.48. The van der Waals surface area contributed by atoms with Gasteiger partial charge in [-0.1, -0.05) is 19.4 Å². The molecule has 30 heavy (non-hydrogen) atoms. The Labute approximate surface area is 172 Å². The number of benzene rings is 1. The lowest BCUT2D eigenvalue weighted by atomic mass is 10.0. The van der Waals surface area contributed by atoms with Crippen LogP contribution in [0.2, 0.25) is 0 Å². The van der Waals surface area contributed by atoms with Crippen molar-refractivity contribution in [1.82, 2.24) is 9.97 Å². The van der Waals surface area contributed by atoms with Crippen molar-refractivity contribution in [3.8, 4) is 5.75 Å². The molecule has 0 spiro atoms. The number of primary amides is 1. The number of amides is 1. The van der Waals surface area contributed by atoms with E-state index in [4.69, 9.17) is 5.73 Å². The van der Waals surface area contributed by atoms with Crippen LogP contribution in [-0.4, -0.2) is 23.0 Å². The van der Waals surface area contributed by atoms with Gasteiger partial charge in [0.15, 0.2) is 17.0 Å². The van der Waals surface area contributed by atoms with Crippen molar-refractivity contribution in [3.63, 3.8) is 0 Å². The Kier molecular flexibility index (Phi) is 6.44. The normalized spacial score (nSPS) is 18.0. The summed E-state index contributed by atoms with van der Waals surface area (Å²) in [6.07, 6.45) is 4.87. The van der Waals surface area contributed by atoms with E-state index in [0.717, 1.165) is 24.6 Å². The molecule has 158 valence electrons. The van der Waals surface area contributed by atoms with E-state index >= 15 is 0 Å². The molecule has 0 radical (unpaired) electrons. The highest BCUT2D eigenvalue weighted by Gasteiger charge is 2.24. The number of hydrogen-bond acceptors (Lipinski definition) is 4. The summed E-state index contributed by atoms with van der Waals surface area (Å²) in [5, 5.41) is 0.287. The largest absolute Gasteiger partial charge is 0.494 e. The molecule has 1 saturated carbocycles. The maximum Gasteiger partial charge on any atom is 0.268 e. The van der Waals surface area contributed by atoms with Crippen molar-refractivity contribution in [1.29, 1.82) is 0 Å².